The highest BCUT2D eigenvalue weighted by Gasteiger charge is 2.21. The van der Waals surface area contributed by atoms with Crippen LogP contribution >= 0.6 is 11.8 Å². The number of fused-ring (bicyclic) bond motifs is 1. The lowest BCUT2D eigenvalue weighted by Gasteiger charge is -2.23. The fraction of sp³-hybridized carbons (Fsp3) is 0.500. The minimum atomic E-state index is -0.391. The van der Waals surface area contributed by atoms with Gasteiger partial charge in [-0.3, -0.25) is 9.36 Å². The molecule has 178 valence electrons. The molecule has 1 aliphatic carbocycles. The Hall–Kier alpha value is -2.65. The molecule has 1 amide bonds. The number of anilines is 1. The number of ether oxygens (including phenoxy) is 1. The van der Waals surface area contributed by atoms with E-state index in [0.29, 0.717) is 29.4 Å². The molecule has 1 aromatic heterocycles. The number of aromatic nitrogens is 2. The number of carbonyl (C=O) groups excluding carboxylic acids is 2. The Balaban J connectivity index is 1.64. The zero-order valence-electron chi connectivity index (χ0n) is 19.6. The first-order valence-corrected chi connectivity index (χ1v) is 12.3. The molecule has 0 saturated heterocycles. The molecule has 0 saturated carbocycles. The van der Waals surface area contributed by atoms with E-state index < -0.39 is 5.97 Å². The molecular formula is C24H32N4O4S. The van der Waals surface area contributed by atoms with Crippen molar-refractivity contribution in [1.29, 1.82) is 0 Å². The Bertz CT molecular complexity index is 1030. The highest BCUT2D eigenvalue weighted by atomic mass is 32.2. The van der Waals surface area contributed by atoms with Gasteiger partial charge in [-0.05, 0) is 83.9 Å². The molecule has 0 radical (unpaired) electrons. The second-order valence-electron chi connectivity index (χ2n) is 8.28. The molecule has 0 aliphatic heterocycles. The van der Waals surface area contributed by atoms with Crippen molar-refractivity contribution in [2.24, 2.45) is 0 Å². The topological polar surface area (TPSA) is 93.5 Å². The Labute approximate surface area is 198 Å². The second-order valence-corrected chi connectivity index (χ2v) is 9.24. The summed E-state index contributed by atoms with van der Waals surface area (Å²) in [4.78, 5) is 43.4. The van der Waals surface area contributed by atoms with Crippen LogP contribution < -0.4 is 11.0 Å². The highest BCUT2D eigenvalue weighted by Crippen LogP contribution is 2.28. The fourth-order valence-electron chi connectivity index (χ4n) is 3.88. The number of hydrogen-bond donors (Lipinski definition) is 1. The lowest BCUT2D eigenvalue weighted by atomic mass is 9.97. The Kier molecular flexibility index (Phi) is 9.08. The van der Waals surface area contributed by atoms with E-state index >= 15 is 0 Å². The van der Waals surface area contributed by atoms with Gasteiger partial charge in [-0.1, -0.05) is 11.8 Å². The number of benzene rings is 1. The van der Waals surface area contributed by atoms with Gasteiger partial charge in [0.15, 0.2) is 0 Å². The average molecular weight is 473 g/mol. The summed E-state index contributed by atoms with van der Waals surface area (Å²) in [6, 6.07) is 6.58. The van der Waals surface area contributed by atoms with Crippen LogP contribution in [-0.2, 0) is 28.9 Å². The maximum absolute atomic E-state index is 12.7. The van der Waals surface area contributed by atoms with Gasteiger partial charge in [-0.25, -0.2) is 9.59 Å². The summed E-state index contributed by atoms with van der Waals surface area (Å²) in [7, 11) is 4.05. The van der Waals surface area contributed by atoms with Gasteiger partial charge in [0, 0.05) is 23.5 Å². The molecule has 2 aromatic rings. The van der Waals surface area contributed by atoms with Crippen molar-refractivity contribution in [3.63, 3.8) is 0 Å². The van der Waals surface area contributed by atoms with Crippen LogP contribution in [0, 0.1) is 0 Å². The molecule has 1 aliphatic rings. The predicted molar refractivity (Wildman–Crippen MR) is 130 cm³/mol. The van der Waals surface area contributed by atoms with E-state index in [-0.39, 0.29) is 17.3 Å². The zero-order chi connectivity index (χ0) is 23.8. The monoisotopic (exact) mass is 472 g/mol. The van der Waals surface area contributed by atoms with Crippen LogP contribution in [0.15, 0.2) is 34.1 Å². The van der Waals surface area contributed by atoms with Gasteiger partial charge >= 0.3 is 11.7 Å². The quantitative estimate of drug-likeness (QED) is 0.323. The van der Waals surface area contributed by atoms with E-state index in [2.05, 4.69) is 15.2 Å². The largest absolute Gasteiger partial charge is 0.462 e. The summed E-state index contributed by atoms with van der Waals surface area (Å²) in [5, 5.41) is 3.50. The maximum atomic E-state index is 12.7. The first-order chi connectivity index (χ1) is 15.9. The minimum absolute atomic E-state index is 0.156. The first kappa shape index (κ1) is 25.0. The Morgan fingerprint density at radius 1 is 1.18 bits per heavy atom. The average Bonchev–Trinajstić information content (AvgIpc) is 2.79. The molecule has 0 bridgehead atoms. The van der Waals surface area contributed by atoms with Crippen molar-refractivity contribution >= 4 is 29.3 Å². The van der Waals surface area contributed by atoms with E-state index in [0.717, 1.165) is 49.9 Å². The van der Waals surface area contributed by atoms with E-state index in [1.54, 1.807) is 31.2 Å². The molecule has 0 spiro atoms. The van der Waals surface area contributed by atoms with Crippen molar-refractivity contribution in [3.05, 3.63) is 51.6 Å². The van der Waals surface area contributed by atoms with Gasteiger partial charge in [-0.2, -0.15) is 4.98 Å². The number of rotatable bonds is 10. The van der Waals surface area contributed by atoms with Gasteiger partial charge in [0.1, 0.15) is 5.03 Å². The Morgan fingerprint density at radius 2 is 1.91 bits per heavy atom. The van der Waals surface area contributed by atoms with Gasteiger partial charge in [-0.15, -0.1) is 0 Å². The number of hydrogen-bond acceptors (Lipinski definition) is 7. The van der Waals surface area contributed by atoms with E-state index in [1.165, 1.54) is 11.8 Å². The zero-order valence-corrected chi connectivity index (χ0v) is 20.4. The third kappa shape index (κ3) is 6.91. The summed E-state index contributed by atoms with van der Waals surface area (Å²) in [5.41, 5.74) is 3.00. The molecule has 1 N–H and O–H groups in total. The smallest absolute Gasteiger partial charge is 0.348 e. The van der Waals surface area contributed by atoms with Crippen molar-refractivity contribution in [1.82, 2.24) is 14.5 Å². The van der Waals surface area contributed by atoms with Gasteiger partial charge in [0.05, 0.1) is 17.9 Å². The molecule has 8 nitrogen and oxygen atoms in total. The van der Waals surface area contributed by atoms with Crippen molar-refractivity contribution in [2.45, 2.75) is 50.6 Å². The Morgan fingerprint density at radius 3 is 2.61 bits per heavy atom. The normalized spacial score (nSPS) is 13.0. The summed E-state index contributed by atoms with van der Waals surface area (Å²) >= 11 is 1.31. The van der Waals surface area contributed by atoms with Crippen LogP contribution in [0.25, 0.3) is 0 Å². The molecule has 1 heterocycles. The van der Waals surface area contributed by atoms with Crippen molar-refractivity contribution in [3.8, 4) is 0 Å². The minimum Gasteiger partial charge on any atom is -0.462 e. The number of amides is 1. The summed E-state index contributed by atoms with van der Waals surface area (Å²) in [6.07, 6.45) is 4.79. The number of carbonyl (C=O) groups is 2. The summed E-state index contributed by atoms with van der Waals surface area (Å²) < 4.78 is 6.79. The van der Waals surface area contributed by atoms with E-state index in [4.69, 9.17) is 4.74 Å². The van der Waals surface area contributed by atoms with Gasteiger partial charge in [0.2, 0.25) is 5.91 Å². The number of esters is 1. The van der Waals surface area contributed by atoms with Crippen LogP contribution in [0.5, 0.6) is 0 Å². The molecule has 0 fully saturated rings. The number of nitrogens with zero attached hydrogens (tertiary/aromatic N) is 3. The van der Waals surface area contributed by atoms with Gasteiger partial charge < -0.3 is 15.0 Å². The molecule has 3 rings (SSSR count). The molecule has 0 atom stereocenters. The third-order valence-electron chi connectivity index (χ3n) is 5.46. The standard InChI is InChI=1S/C24H32N4O4S/c1-4-32-23(30)17-10-12-18(13-11-17)25-21(29)16-33-22-19-8-5-6-9-20(19)28(24(31)26-22)15-7-14-27(2)3/h10-13H,4-9,14-16H2,1-3H3,(H,25,29). The number of thioether (sulfide) groups is 1. The van der Waals surface area contributed by atoms with E-state index in [9.17, 15) is 14.4 Å². The predicted octanol–water partition coefficient (Wildman–Crippen LogP) is 2.98. The van der Waals surface area contributed by atoms with Crippen LogP contribution in [0.2, 0.25) is 0 Å². The summed E-state index contributed by atoms with van der Waals surface area (Å²) in [6.45, 7) is 3.65. The molecular weight excluding hydrogens is 440 g/mol. The highest BCUT2D eigenvalue weighted by molar-refractivity contribution is 8.00. The maximum Gasteiger partial charge on any atom is 0.348 e. The van der Waals surface area contributed by atoms with E-state index in [1.807, 2.05) is 18.7 Å². The summed E-state index contributed by atoms with van der Waals surface area (Å²) in [5.74, 6) is -0.424. The molecule has 1 aromatic carbocycles. The van der Waals surface area contributed by atoms with Gasteiger partial charge in [0.25, 0.3) is 0 Å². The number of nitrogens with one attached hydrogen (secondary N) is 1. The SMILES string of the molecule is CCOC(=O)c1ccc(NC(=O)CSc2nc(=O)n(CCCN(C)C)c3c2CCCC3)cc1. The molecule has 33 heavy (non-hydrogen) atoms. The molecule has 0 unspecified atom stereocenters. The second kappa shape index (κ2) is 12.0. The van der Waals surface area contributed by atoms with Crippen molar-refractivity contribution < 1.29 is 14.3 Å². The lowest BCUT2D eigenvalue weighted by Crippen LogP contribution is -2.31. The molecule has 9 heteroatoms. The first-order valence-electron chi connectivity index (χ1n) is 11.4. The van der Waals surface area contributed by atoms with Crippen molar-refractivity contribution in [2.75, 3.05) is 38.3 Å². The van der Waals surface area contributed by atoms with Crippen LogP contribution in [-0.4, -0.2) is 59.3 Å². The van der Waals surface area contributed by atoms with Crippen LogP contribution in [0.1, 0.15) is 47.8 Å². The van der Waals surface area contributed by atoms with Crippen LogP contribution in [0.4, 0.5) is 5.69 Å². The third-order valence-corrected chi connectivity index (χ3v) is 6.48. The fourth-order valence-corrected chi connectivity index (χ4v) is 4.75. The van der Waals surface area contributed by atoms with Crippen LogP contribution in [0.3, 0.4) is 0 Å². The lowest BCUT2D eigenvalue weighted by molar-refractivity contribution is -0.113.